The van der Waals surface area contributed by atoms with Crippen LogP contribution in [0.15, 0.2) is 24.3 Å². The Kier molecular flexibility index (Phi) is 4.99. The summed E-state index contributed by atoms with van der Waals surface area (Å²) < 4.78 is 28.6. The standard InChI is InChI=1S/C17H21N3O5S/c1-3-20(12-8-9-26(23,24)10-12)16(21)11(2)25-17(22)15-13-6-4-5-7-14(13)18-19-15/h4-7,11-12H,3,8-10H2,1-2H3,(H,18,19). The van der Waals surface area contributed by atoms with Crippen molar-refractivity contribution >= 4 is 32.6 Å². The molecule has 0 bridgehead atoms. The predicted molar refractivity (Wildman–Crippen MR) is 95.4 cm³/mol. The normalized spacial score (nSPS) is 20.0. The molecule has 140 valence electrons. The minimum atomic E-state index is -3.11. The Morgan fingerprint density at radius 2 is 2.12 bits per heavy atom. The first-order valence-electron chi connectivity index (χ1n) is 8.47. The molecule has 2 unspecified atom stereocenters. The van der Waals surface area contributed by atoms with Crippen LogP contribution in [0.25, 0.3) is 10.9 Å². The van der Waals surface area contributed by atoms with Gasteiger partial charge in [-0.2, -0.15) is 5.10 Å². The topological polar surface area (TPSA) is 109 Å². The molecule has 2 aromatic rings. The van der Waals surface area contributed by atoms with Gasteiger partial charge < -0.3 is 9.64 Å². The fourth-order valence-electron chi connectivity index (χ4n) is 3.23. The highest BCUT2D eigenvalue weighted by atomic mass is 32.2. The maximum absolute atomic E-state index is 12.7. The summed E-state index contributed by atoms with van der Waals surface area (Å²) in [6.07, 6.45) is -0.617. The van der Waals surface area contributed by atoms with Crippen molar-refractivity contribution in [3.05, 3.63) is 30.0 Å². The van der Waals surface area contributed by atoms with E-state index < -0.39 is 27.8 Å². The lowest BCUT2D eigenvalue weighted by Crippen LogP contribution is -2.46. The molecule has 1 aliphatic heterocycles. The van der Waals surface area contributed by atoms with Gasteiger partial charge in [0.25, 0.3) is 5.91 Å². The van der Waals surface area contributed by atoms with Gasteiger partial charge in [-0.3, -0.25) is 9.89 Å². The second kappa shape index (κ2) is 7.06. The average Bonchev–Trinajstić information content (AvgIpc) is 3.18. The van der Waals surface area contributed by atoms with Gasteiger partial charge in [-0.1, -0.05) is 18.2 Å². The third-order valence-corrected chi connectivity index (χ3v) is 6.32. The van der Waals surface area contributed by atoms with Crippen molar-refractivity contribution in [3.8, 4) is 0 Å². The van der Waals surface area contributed by atoms with Crippen molar-refractivity contribution in [2.24, 2.45) is 0 Å². The monoisotopic (exact) mass is 379 g/mol. The number of H-pyrrole nitrogens is 1. The molecule has 0 spiro atoms. The minimum absolute atomic E-state index is 0.0444. The number of benzene rings is 1. The molecule has 1 saturated heterocycles. The van der Waals surface area contributed by atoms with Crippen LogP contribution in [0.1, 0.15) is 30.8 Å². The summed E-state index contributed by atoms with van der Waals surface area (Å²) in [5.74, 6) is -1.06. The van der Waals surface area contributed by atoms with E-state index >= 15 is 0 Å². The van der Waals surface area contributed by atoms with Crippen LogP contribution in [0.3, 0.4) is 0 Å². The number of hydrogen-bond acceptors (Lipinski definition) is 6. The molecule has 1 amide bonds. The number of fused-ring (bicyclic) bond motifs is 1. The van der Waals surface area contributed by atoms with Gasteiger partial charge in [0, 0.05) is 18.0 Å². The van der Waals surface area contributed by atoms with Gasteiger partial charge in [-0.25, -0.2) is 13.2 Å². The highest BCUT2D eigenvalue weighted by Crippen LogP contribution is 2.20. The number of hydrogen-bond donors (Lipinski definition) is 1. The van der Waals surface area contributed by atoms with Gasteiger partial charge >= 0.3 is 5.97 Å². The summed E-state index contributed by atoms with van der Waals surface area (Å²) in [6.45, 7) is 3.62. The number of carbonyl (C=O) groups is 2. The number of likely N-dealkylation sites (N-methyl/N-ethyl adjacent to an activating group) is 1. The molecule has 0 saturated carbocycles. The van der Waals surface area contributed by atoms with Crippen LogP contribution in [-0.4, -0.2) is 65.6 Å². The van der Waals surface area contributed by atoms with E-state index in [-0.39, 0.29) is 23.2 Å². The first kappa shape index (κ1) is 18.4. The molecule has 1 fully saturated rings. The molecule has 3 rings (SSSR count). The quantitative estimate of drug-likeness (QED) is 0.781. The molecule has 1 aromatic heterocycles. The predicted octanol–water partition coefficient (Wildman–Crippen LogP) is 1.14. The van der Waals surface area contributed by atoms with Gasteiger partial charge in [-0.05, 0) is 26.3 Å². The molecular weight excluding hydrogens is 358 g/mol. The molecule has 1 aromatic carbocycles. The van der Waals surface area contributed by atoms with E-state index in [9.17, 15) is 18.0 Å². The fraction of sp³-hybridized carbons (Fsp3) is 0.471. The largest absolute Gasteiger partial charge is 0.448 e. The average molecular weight is 379 g/mol. The van der Waals surface area contributed by atoms with Gasteiger partial charge in [0.05, 0.1) is 17.0 Å². The summed E-state index contributed by atoms with van der Waals surface area (Å²) in [5, 5.41) is 7.33. The number of nitrogens with one attached hydrogen (secondary N) is 1. The maximum atomic E-state index is 12.7. The van der Waals surface area contributed by atoms with Crippen molar-refractivity contribution in [2.45, 2.75) is 32.4 Å². The zero-order valence-corrected chi connectivity index (χ0v) is 15.5. The van der Waals surface area contributed by atoms with E-state index in [2.05, 4.69) is 10.2 Å². The Balaban J connectivity index is 1.71. The van der Waals surface area contributed by atoms with Crippen molar-refractivity contribution < 1.29 is 22.7 Å². The molecule has 0 radical (unpaired) electrons. The minimum Gasteiger partial charge on any atom is -0.448 e. The smallest absolute Gasteiger partial charge is 0.360 e. The Morgan fingerprint density at radius 1 is 1.38 bits per heavy atom. The Bertz CT molecular complexity index is 937. The Hall–Kier alpha value is -2.42. The summed E-state index contributed by atoms with van der Waals surface area (Å²) in [5.41, 5.74) is 0.816. The first-order valence-corrected chi connectivity index (χ1v) is 10.3. The number of amides is 1. The van der Waals surface area contributed by atoms with Gasteiger partial charge in [0.15, 0.2) is 21.6 Å². The summed E-state index contributed by atoms with van der Waals surface area (Å²) >= 11 is 0. The summed E-state index contributed by atoms with van der Waals surface area (Å²) in [7, 11) is -3.11. The highest BCUT2D eigenvalue weighted by Gasteiger charge is 2.36. The fourth-order valence-corrected chi connectivity index (χ4v) is 4.97. The van der Waals surface area contributed by atoms with Crippen molar-refractivity contribution in [1.82, 2.24) is 15.1 Å². The van der Waals surface area contributed by atoms with Crippen LogP contribution in [0.4, 0.5) is 0 Å². The second-order valence-electron chi connectivity index (χ2n) is 6.35. The van der Waals surface area contributed by atoms with Gasteiger partial charge in [0.2, 0.25) is 0 Å². The zero-order valence-electron chi connectivity index (χ0n) is 14.6. The number of rotatable bonds is 5. The van der Waals surface area contributed by atoms with Crippen LogP contribution in [0.2, 0.25) is 0 Å². The van der Waals surface area contributed by atoms with E-state index in [0.717, 1.165) is 0 Å². The van der Waals surface area contributed by atoms with E-state index in [1.807, 2.05) is 6.07 Å². The molecule has 1 N–H and O–H groups in total. The number of sulfone groups is 1. The Labute approximate surface area is 151 Å². The lowest BCUT2D eigenvalue weighted by Gasteiger charge is -2.29. The molecule has 1 aliphatic rings. The number of esters is 1. The number of ether oxygens (including phenoxy) is 1. The van der Waals surface area contributed by atoms with E-state index in [1.165, 1.54) is 11.8 Å². The van der Waals surface area contributed by atoms with Crippen molar-refractivity contribution in [3.63, 3.8) is 0 Å². The molecule has 8 nitrogen and oxygen atoms in total. The second-order valence-corrected chi connectivity index (χ2v) is 8.58. The van der Waals surface area contributed by atoms with Crippen molar-refractivity contribution in [2.75, 3.05) is 18.1 Å². The number of aromatic amines is 1. The van der Waals surface area contributed by atoms with Gasteiger partial charge in [0.1, 0.15) is 0 Å². The van der Waals surface area contributed by atoms with Crippen LogP contribution in [0, 0.1) is 0 Å². The molecule has 2 heterocycles. The van der Waals surface area contributed by atoms with Gasteiger partial charge in [-0.15, -0.1) is 0 Å². The van der Waals surface area contributed by atoms with Crippen LogP contribution < -0.4 is 0 Å². The van der Waals surface area contributed by atoms with Crippen molar-refractivity contribution in [1.29, 1.82) is 0 Å². The first-order chi connectivity index (χ1) is 12.3. The molecular formula is C17H21N3O5S. The lowest BCUT2D eigenvalue weighted by atomic mass is 10.2. The van der Waals surface area contributed by atoms with E-state index in [0.29, 0.717) is 23.9 Å². The highest BCUT2D eigenvalue weighted by molar-refractivity contribution is 7.91. The third-order valence-electron chi connectivity index (χ3n) is 4.57. The molecule has 0 aliphatic carbocycles. The summed E-state index contributed by atoms with van der Waals surface area (Å²) in [4.78, 5) is 26.5. The molecule has 9 heteroatoms. The number of carbonyl (C=O) groups excluding carboxylic acids is 2. The Morgan fingerprint density at radius 3 is 2.77 bits per heavy atom. The molecule has 26 heavy (non-hydrogen) atoms. The van der Waals surface area contributed by atoms with E-state index in [4.69, 9.17) is 4.74 Å². The number of para-hydroxylation sites is 1. The maximum Gasteiger partial charge on any atom is 0.360 e. The van der Waals surface area contributed by atoms with Crippen LogP contribution in [0.5, 0.6) is 0 Å². The van der Waals surface area contributed by atoms with Crippen LogP contribution >= 0.6 is 0 Å². The third kappa shape index (κ3) is 3.57. The SMILES string of the molecule is CCN(C(=O)C(C)OC(=O)c1n[nH]c2ccccc12)C1CCS(=O)(=O)C1. The zero-order chi connectivity index (χ0) is 18.9. The van der Waals surface area contributed by atoms with E-state index in [1.54, 1.807) is 25.1 Å². The lowest BCUT2D eigenvalue weighted by molar-refractivity contribution is -0.141. The summed E-state index contributed by atoms with van der Waals surface area (Å²) in [6, 6.07) is 6.75. The number of aromatic nitrogens is 2. The van der Waals surface area contributed by atoms with Crippen LogP contribution in [-0.2, 0) is 19.4 Å². The molecule has 2 atom stereocenters. The number of nitrogens with zero attached hydrogens (tertiary/aromatic N) is 2.